The number of allylic oxidation sites excluding steroid dienone is 10. The lowest BCUT2D eigenvalue weighted by Gasteiger charge is -2.37. The van der Waals surface area contributed by atoms with Crippen molar-refractivity contribution >= 4 is 24.4 Å². The molecule has 1 aliphatic heterocycles. The van der Waals surface area contributed by atoms with E-state index in [4.69, 9.17) is 30.4 Å². The number of nitrogens with one attached hydrogen (secondary N) is 4. The molecular weight excluding hydrogens is 716 g/mol. The van der Waals surface area contributed by atoms with Gasteiger partial charge in [-0.15, -0.1) is 0 Å². The van der Waals surface area contributed by atoms with Crippen LogP contribution in [-0.4, -0.2) is 86.0 Å². The van der Waals surface area contributed by atoms with Gasteiger partial charge < -0.3 is 51.7 Å². The molecule has 0 aromatic rings. The van der Waals surface area contributed by atoms with Crippen molar-refractivity contribution in [2.24, 2.45) is 11.5 Å². The van der Waals surface area contributed by atoms with Crippen LogP contribution in [0.2, 0.25) is 0 Å². The van der Waals surface area contributed by atoms with Crippen molar-refractivity contribution in [1.29, 1.82) is 0 Å². The smallest absolute Gasteiger partial charge is 0.408 e. The summed E-state index contributed by atoms with van der Waals surface area (Å²) < 4.78 is 24.2. The minimum Gasteiger partial charge on any atom is -0.446 e. The Morgan fingerprint density at radius 1 is 0.696 bits per heavy atom. The van der Waals surface area contributed by atoms with Gasteiger partial charge in [0.05, 0.1) is 6.04 Å². The zero-order valence-electron chi connectivity index (χ0n) is 32.5. The molecule has 1 saturated heterocycles. The summed E-state index contributed by atoms with van der Waals surface area (Å²) in [6, 6.07) is -3.80. The molecule has 5 aliphatic carbocycles. The molecule has 306 valence electrons. The van der Waals surface area contributed by atoms with Crippen molar-refractivity contribution < 1.29 is 38.1 Å². The molecule has 6 rings (SSSR count). The number of hydrogen-bond donors (Lipinski definition) is 6. The number of amides is 4. The number of alkyl carbamates (subject to hydrolysis) is 4. The van der Waals surface area contributed by atoms with Crippen molar-refractivity contribution in [3.8, 4) is 0 Å². The minimum absolute atomic E-state index is 0.395. The van der Waals surface area contributed by atoms with E-state index >= 15 is 0 Å². The Bertz CT molecular complexity index is 1610. The van der Waals surface area contributed by atoms with Gasteiger partial charge in [0.1, 0.15) is 24.4 Å². The lowest BCUT2D eigenvalue weighted by molar-refractivity contribution is 0.0745. The summed E-state index contributed by atoms with van der Waals surface area (Å²) in [7, 11) is 1.53. The third kappa shape index (κ3) is 11.1. The van der Waals surface area contributed by atoms with Gasteiger partial charge in [-0.05, 0) is 99.3 Å². The summed E-state index contributed by atoms with van der Waals surface area (Å²) in [5, 5.41) is 11.6. The predicted octanol–water partition coefficient (Wildman–Crippen LogP) is 5.90. The summed E-state index contributed by atoms with van der Waals surface area (Å²) in [5.41, 5.74) is 17.6. The van der Waals surface area contributed by atoms with Crippen molar-refractivity contribution in [2.45, 2.75) is 157 Å². The molecule has 8 N–H and O–H groups in total. The Balaban J connectivity index is 1.21. The predicted molar refractivity (Wildman–Crippen MR) is 211 cm³/mol. The maximum absolute atomic E-state index is 13.9. The fraction of sp³-hybridized carbons (Fsp3) is 0.619. The van der Waals surface area contributed by atoms with Gasteiger partial charge in [0.25, 0.3) is 0 Å². The van der Waals surface area contributed by atoms with Crippen LogP contribution in [-0.2, 0) is 18.9 Å². The Labute approximate surface area is 330 Å². The van der Waals surface area contributed by atoms with Crippen LogP contribution in [0.15, 0.2) is 70.9 Å². The number of nitrogens with two attached hydrogens (primary N) is 2. The molecule has 14 heteroatoms. The number of ether oxygens (including phenoxy) is 4. The van der Waals surface area contributed by atoms with Gasteiger partial charge >= 0.3 is 24.4 Å². The van der Waals surface area contributed by atoms with E-state index in [0.29, 0.717) is 70.6 Å². The second-order valence-corrected chi connectivity index (χ2v) is 15.7. The van der Waals surface area contributed by atoms with E-state index in [2.05, 4.69) is 57.7 Å². The van der Waals surface area contributed by atoms with Crippen molar-refractivity contribution in [3.05, 3.63) is 70.9 Å². The van der Waals surface area contributed by atoms with E-state index in [9.17, 15) is 19.2 Å². The normalized spacial score (nSPS) is 35.4. The minimum atomic E-state index is -0.896. The maximum Gasteiger partial charge on any atom is 0.408 e. The molecule has 9 atom stereocenters. The van der Waals surface area contributed by atoms with Gasteiger partial charge in [-0.25, -0.2) is 19.2 Å². The second kappa shape index (κ2) is 20.0. The van der Waals surface area contributed by atoms with Crippen LogP contribution in [0, 0.1) is 0 Å². The second-order valence-electron chi connectivity index (χ2n) is 15.7. The van der Waals surface area contributed by atoms with Gasteiger partial charge in [0, 0.05) is 44.1 Å². The number of carbonyl (C=O) groups is 4. The fourth-order valence-electron chi connectivity index (χ4n) is 8.72. The Kier molecular flexibility index (Phi) is 14.7. The third-order valence-electron chi connectivity index (χ3n) is 11.8. The van der Waals surface area contributed by atoms with Crippen LogP contribution in [0.1, 0.15) is 103 Å². The highest BCUT2D eigenvalue weighted by atomic mass is 16.6. The summed E-state index contributed by atoms with van der Waals surface area (Å²) in [6.45, 7) is 0. The molecule has 56 heavy (non-hydrogen) atoms. The van der Waals surface area contributed by atoms with Gasteiger partial charge in [-0.2, -0.15) is 0 Å². The number of fused-ring (bicyclic) bond motifs is 3. The average molecular weight is 777 g/mol. The van der Waals surface area contributed by atoms with E-state index in [1.54, 1.807) is 0 Å². The molecule has 6 aliphatic rings. The Morgan fingerprint density at radius 2 is 1.36 bits per heavy atom. The lowest BCUT2D eigenvalue weighted by atomic mass is 9.88. The number of carbonyl (C=O) groups excluding carboxylic acids is 4. The first-order chi connectivity index (χ1) is 27.2. The molecule has 14 nitrogen and oxygen atoms in total. The molecule has 4 bridgehead atoms. The average Bonchev–Trinajstić information content (AvgIpc) is 3.19. The van der Waals surface area contributed by atoms with Gasteiger partial charge in [-0.1, -0.05) is 61.4 Å². The van der Waals surface area contributed by atoms with Crippen LogP contribution in [0.5, 0.6) is 0 Å². The maximum atomic E-state index is 13.9. The first kappa shape index (κ1) is 41.1. The van der Waals surface area contributed by atoms with Crippen LogP contribution in [0.25, 0.3) is 0 Å². The first-order valence-electron chi connectivity index (χ1n) is 20.6. The number of hydrogen-bond acceptors (Lipinski definition) is 10. The largest absolute Gasteiger partial charge is 0.446 e. The standard InChI is InChI=1S/C42H60N6O8/c1-45-39(49)55-34-22-6-2-4-14-26-16-8-10-18-28(24-30(26)34)53-40(50)46-32-20-12-13-21-33-37(44)38(36(32)43)48-42(52)56-35-23-7-3-5-15-27-17-9-11-19-29(25-31(27)35)54-41(51)47-33/h4-5,8-9,14-17,28-29,32-38H,2-3,6-7,10-13,18-25,43-44H2,1H3,(H,45,49)(H,46,50)(H,47,51)(H,48,52)/b14-4+,15-5?,16-8?,17-9+,30-26?,31-27+. The molecule has 9 unspecified atom stereocenters. The fourth-order valence-corrected chi connectivity index (χ4v) is 8.72. The summed E-state index contributed by atoms with van der Waals surface area (Å²) >= 11 is 0. The van der Waals surface area contributed by atoms with Crippen molar-refractivity contribution in [1.82, 2.24) is 21.3 Å². The molecule has 0 aromatic heterocycles. The Hall–Kier alpha value is -4.56. The van der Waals surface area contributed by atoms with Crippen molar-refractivity contribution in [3.63, 3.8) is 0 Å². The highest BCUT2D eigenvalue weighted by Gasteiger charge is 2.40. The van der Waals surface area contributed by atoms with E-state index in [0.717, 1.165) is 54.4 Å². The summed E-state index contributed by atoms with van der Waals surface area (Å²) in [4.78, 5) is 53.5. The van der Waals surface area contributed by atoms with E-state index < -0.39 is 79.0 Å². The van der Waals surface area contributed by atoms with E-state index in [1.165, 1.54) is 7.05 Å². The Morgan fingerprint density at radius 3 is 2.11 bits per heavy atom. The van der Waals surface area contributed by atoms with Gasteiger partial charge in [0.15, 0.2) is 0 Å². The highest BCUT2D eigenvalue weighted by molar-refractivity contribution is 5.71. The summed E-state index contributed by atoms with van der Waals surface area (Å²) in [6.07, 6.45) is 22.8. The molecule has 0 radical (unpaired) electrons. The molecule has 2 fully saturated rings. The van der Waals surface area contributed by atoms with Crippen LogP contribution in [0.4, 0.5) is 19.2 Å². The zero-order valence-corrected chi connectivity index (χ0v) is 32.5. The van der Waals surface area contributed by atoms with E-state index in [-0.39, 0.29) is 0 Å². The van der Waals surface area contributed by atoms with Gasteiger partial charge in [-0.3, -0.25) is 0 Å². The topological polar surface area (TPSA) is 205 Å². The molecule has 4 amide bonds. The molecular formula is C42H60N6O8. The van der Waals surface area contributed by atoms with E-state index in [1.807, 2.05) is 12.2 Å². The van der Waals surface area contributed by atoms with Crippen LogP contribution >= 0.6 is 0 Å². The quantitative estimate of drug-likeness (QED) is 0.187. The molecule has 0 spiro atoms. The molecule has 1 saturated carbocycles. The lowest BCUT2D eigenvalue weighted by Crippen LogP contribution is -2.68. The van der Waals surface area contributed by atoms with Crippen molar-refractivity contribution in [2.75, 3.05) is 7.05 Å². The monoisotopic (exact) mass is 776 g/mol. The first-order valence-corrected chi connectivity index (χ1v) is 20.6. The zero-order chi connectivity index (χ0) is 39.4. The summed E-state index contributed by atoms with van der Waals surface area (Å²) in [5.74, 6) is 0. The number of rotatable bonds is 3. The molecule has 1 heterocycles. The SMILES string of the molecule is CNC(=O)OC1CCC/C=C/C2=C1CC(OC(=O)NC1CCCCC3NC(=O)OC4CC/C=C/C5=C(\C4)C(CCCC=C5)OC(=O)NC(C1N)C3N)CCC=C2. The van der Waals surface area contributed by atoms with Crippen LogP contribution in [0.3, 0.4) is 0 Å². The highest BCUT2D eigenvalue weighted by Crippen LogP contribution is 2.33. The van der Waals surface area contributed by atoms with Gasteiger partial charge in [0.2, 0.25) is 0 Å². The third-order valence-corrected chi connectivity index (χ3v) is 11.8. The molecule has 0 aromatic carbocycles. The van der Waals surface area contributed by atoms with Crippen LogP contribution < -0.4 is 32.7 Å².